The highest BCUT2D eigenvalue weighted by Crippen LogP contribution is 2.11. The first-order valence-electron chi connectivity index (χ1n) is 11.8. The van der Waals surface area contributed by atoms with Crippen LogP contribution in [0.5, 0.6) is 5.75 Å². The normalized spacial score (nSPS) is 10.8. The summed E-state index contributed by atoms with van der Waals surface area (Å²) in [4.78, 5) is 50.7. The summed E-state index contributed by atoms with van der Waals surface area (Å²) in [5, 5.41) is 6.01. The summed E-state index contributed by atoms with van der Waals surface area (Å²) >= 11 is 0. The van der Waals surface area contributed by atoms with Gasteiger partial charge in [0.1, 0.15) is 12.3 Å². The van der Waals surface area contributed by atoms with Gasteiger partial charge in [-0.1, -0.05) is 31.2 Å². The first-order chi connectivity index (χ1) is 16.9. The van der Waals surface area contributed by atoms with Crippen LogP contribution in [0.1, 0.15) is 38.2 Å². The van der Waals surface area contributed by atoms with Gasteiger partial charge in [0.15, 0.2) is 0 Å². The van der Waals surface area contributed by atoms with Gasteiger partial charge in [-0.3, -0.25) is 23.5 Å². The minimum absolute atomic E-state index is 0.0383. The van der Waals surface area contributed by atoms with Crippen LogP contribution in [-0.4, -0.2) is 34.6 Å². The summed E-state index contributed by atoms with van der Waals surface area (Å²) in [7, 11) is 1.59. The number of para-hydroxylation sites is 1. The van der Waals surface area contributed by atoms with Crippen molar-refractivity contribution < 1.29 is 14.3 Å². The molecule has 2 N–H and O–H groups in total. The van der Waals surface area contributed by atoms with Crippen LogP contribution < -0.4 is 26.6 Å². The molecule has 9 nitrogen and oxygen atoms in total. The molecule has 3 aromatic rings. The number of methoxy groups -OCH3 is 1. The van der Waals surface area contributed by atoms with E-state index >= 15 is 0 Å². The van der Waals surface area contributed by atoms with Gasteiger partial charge in [-0.15, -0.1) is 0 Å². The molecular formula is C26H32N4O5. The standard InChI is InChI=1S/C26H32N4O5/c1-3-15-27-23(31)10-6-7-16-29-25(33)21-8-4-5-9-22(21)30(26(29)34)18-24(32)28-17-19-11-13-20(35-2)14-12-19/h4-5,8-9,11-14H,3,6-7,10,15-18H2,1-2H3,(H,27,31)(H,28,32). The maximum atomic E-state index is 13.2. The summed E-state index contributed by atoms with van der Waals surface area (Å²) in [6.45, 7) is 2.88. The van der Waals surface area contributed by atoms with Crippen molar-refractivity contribution in [3.05, 3.63) is 74.9 Å². The number of amides is 2. The number of fused-ring (bicyclic) bond motifs is 1. The second kappa shape index (κ2) is 12.5. The minimum Gasteiger partial charge on any atom is -0.497 e. The number of benzene rings is 2. The molecule has 1 heterocycles. The largest absolute Gasteiger partial charge is 0.497 e. The Hall–Kier alpha value is -3.88. The maximum absolute atomic E-state index is 13.2. The van der Waals surface area contributed by atoms with E-state index < -0.39 is 11.2 Å². The van der Waals surface area contributed by atoms with Crippen molar-refractivity contribution in [3.8, 4) is 5.75 Å². The van der Waals surface area contributed by atoms with Crippen molar-refractivity contribution in [3.63, 3.8) is 0 Å². The molecule has 0 bridgehead atoms. The van der Waals surface area contributed by atoms with E-state index in [4.69, 9.17) is 4.74 Å². The minimum atomic E-state index is -0.538. The van der Waals surface area contributed by atoms with Gasteiger partial charge in [0.2, 0.25) is 11.8 Å². The molecule has 0 aliphatic carbocycles. The van der Waals surface area contributed by atoms with Crippen molar-refractivity contribution in [1.29, 1.82) is 0 Å². The Bertz CT molecular complexity index is 1280. The summed E-state index contributed by atoms with van der Waals surface area (Å²) in [5.74, 6) is 0.344. The molecule has 2 amide bonds. The Morgan fingerprint density at radius 3 is 2.37 bits per heavy atom. The average Bonchev–Trinajstić information content (AvgIpc) is 2.88. The Balaban J connectivity index is 1.73. The highest BCUT2D eigenvalue weighted by atomic mass is 16.5. The number of ether oxygens (including phenoxy) is 1. The zero-order chi connectivity index (χ0) is 25.2. The van der Waals surface area contributed by atoms with E-state index in [1.54, 1.807) is 31.4 Å². The van der Waals surface area contributed by atoms with E-state index in [1.165, 1.54) is 4.57 Å². The third-order valence-electron chi connectivity index (χ3n) is 5.69. The molecule has 2 aromatic carbocycles. The fourth-order valence-corrected chi connectivity index (χ4v) is 3.77. The number of carbonyl (C=O) groups excluding carboxylic acids is 2. The average molecular weight is 481 g/mol. The van der Waals surface area contributed by atoms with Gasteiger partial charge >= 0.3 is 5.69 Å². The van der Waals surface area contributed by atoms with Crippen LogP contribution in [0.25, 0.3) is 10.9 Å². The van der Waals surface area contributed by atoms with Gasteiger partial charge in [0, 0.05) is 26.1 Å². The zero-order valence-corrected chi connectivity index (χ0v) is 20.2. The predicted octanol–water partition coefficient (Wildman–Crippen LogP) is 2.18. The first-order valence-corrected chi connectivity index (χ1v) is 11.8. The molecule has 0 aliphatic heterocycles. The van der Waals surface area contributed by atoms with E-state index in [2.05, 4.69) is 10.6 Å². The van der Waals surface area contributed by atoms with Crippen LogP contribution in [0, 0.1) is 0 Å². The summed E-state index contributed by atoms with van der Waals surface area (Å²) < 4.78 is 7.62. The summed E-state index contributed by atoms with van der Waals surface area (Å²) in [6.07, 6.45) is 2.25. The van der Waals surface area contributed by atoms with E-state index in [9.17, 15) is 19.2 Å². The van der Waals surface area contributed by atoms with Gasteiger partial charge in [-0.05, 0) is 49.1 Å². The number of aromatic nitrogens is 2. The quantitative estimate of drug-likeness (QED) is 0.386. The third kappa shape index (κ3) is 6.81. The molecule has 0 radical (unpaired) electrons. The number of nitrogens with one attached hydrogen (secondary N) is 2. The molecule has 0 aliphatic rings. The van der Waals surface area contributed by atoms with E-state index in [0.29, 0.717) is 43.3 Å². The van der Waals surface area contributed by atoms with Gasteiger partial charge in [0.05, 0.1) is 18.0 Å². The van der Waals surface area contributed by atoms with Crippen molar-refractivity contribution in [2.45, 2.75) is 52.2 Å². The van der Waals surface area contributed by atoms with Gasteiger partial charge in [0.25, 0.3) is 5.56 Å². The molecule has 1 aromatic heterocycles. The lowest BCUT2D eigenvalue weighted by molar-refractivity contribution is -0.122. The zero-order valence-electron chi connectivity index (χ0n) is 20.2. The fraction of sp³-hybridized carbons (Fsp3) is 0.385. The SMILES string of the molecule is CCCNC(=O)CCCCn1c(=O)c2ccccc2n(CC(=O)NCc2ccc(OC)cc2)c1=O. The molecule has 186 valence electrons. The maximum Gasteiger partial charge on any atom is 0.331 e. The molecule has 0 saturated carbocycles. The highest BCUT2D eigenvalue weighted by Gasteiger charge is 2.15. The van der Waals surface area contributed by atoms with Gasteiger partial charge < -0.3 is 15.4 Å². The second-order valence-corrected chi connectivity index (χ2v) is 8.27. The monoisotopic (exact) mass is 480 g/mol. The number of unbranched alkanes of at least 4 members (excludes halogenated alkanes) is 1. The van der Waals surface area contributed by atoms with Gasteiger partial charge in [-0.2, -0.15) is 0 Å². The van der Waals surface area contributed by atoms with Crippen LogP contribution in [0.4, 0.5) is 0 Å². The Morgan fingerprint density at radius 2 is 1.66 bits per heavy atom. The van der Waals surface area contributed by atoms with Crippen molar-refractivity contribution >= 4 is 22.7 Å². The molecule has 0 fully saturated rings. The first kappa shape index (κ1) is 25.7. The number of hydrogen-bond donors (Lipinski definition) is 2. The third-order valence-corrected chi connectivity index (χ3v) is 5.69. The lowest BCUT2D eigenvalue weighted by Crippen LogP contribution is -2.42. The van der Waals surface area contributed by atoms with E-state index in [-0.39, 0.29) is 24.9 Å². The van der Waals surface area contributed by atoms with Crippen LogP contribution in [-0.2, 0) is 29.2 Å². The lowest BCUT2D eigenvalue weighted by atomic mass is 10.2. The molecule has 0 unspecified atom stereocenters. The van der Waals surface area contributed by atoms with Crippen molar-refractivity contribution in [1.82, 2.24) is 19.8 Å². The predicted molar refractivity (Wildman–Crippen MR) is 134 cm³/mol. The topological polar surface area (TPSA) is 111 Å². The Morgan fingerprint density at radius 1 is 0.914 bits per heavy atom. The van der Waals surface area contributed by atoms with Crippen LogP contribution in [0.3, 0.4) is 0 Å². The Kier molecular flexibility index (Phi) is 9.23. The summed E-state index contributed by atoms with van der Waals surface area (Å²) in [6, 6.07) is 14.1. The molecule has 35 heavy (non-hydrogen) atoms. The van der Waals surface area contributed by atoms with Crippen LogP contribution in [0.15, 0.2) is 58.1 Å². The lowest BCUT2D eigenvalue weighted by Gasteiger charge is -2.14. The molecule has 0 spiro atoms. The number of hydrogen-bond acceptors (Lipinski definition) is 5. The van der Waals surface area contributed by atoms with Crippen LogP contribution in [0.2, 0.25) is 0 Å². The van der Waals surface area contributed by atoms with Gasteiger partial charge in [-0.25, -0.2) is 4.79 Å². The molecule has 0 atom stereocenters. The number of rotatable bonds is 12. The number of carbonyl (C=O) groups is 2. The van der Waals surface area contributed by atoms with E-state index in [1.807, 2.05) is 31.2 Å². The van der Waals surface area contributed by atoms with Crippen molar-refractivity contribution in [2.24, 2.45) is 0 Å². The van der Waals surface area contributed by atoms with Crippen LogP contribution >= 0.6 is 0 Å². The number of nitrogens with zero attached hydrogens (tertiary/aromatic N) is 2. The molecule has 9 heteroatoms. The smallest absolute Gasteiger partial charge is 0.331 e. The molecule has 0 saturated heterocycles. The highest BCUT2D eigenvalue weighted by molar-refractivity contribution is 5.81. The second-order valence-electron chi connectivity index (χ2n) is 8.27. The molecule has 3 rings (SSSR count). The Labute approximate surface area is 203 Å². The fourth-order valence-electron chi connectivity index (χ4n) is 3.77. The summed E-state index contributed by atoms with van der Waals surface area (Å²) in [5.41, 5.74) is 0.376. The molecular weight excluding hydrogens is 448 g/mol. The van der Waals surface area contributed by atoms with E-state index in [0.717, 1.165) is 22.3 Å². The van der Waals surface area contributed by atoms with Crippen molar-refractivity contribution in [2.75, 3.05) is 13.7 Å².